The Labute approximate surface area is 166 Å². The standard InChI is InChI=1S/C18H17ClN6O2S/c1-11-17(19)12(2)25(22-11)16-8-7-14(10-20-16)28(26,27)23-15-6-4-5-13-9-21-24(3)18(13)15/h4-10,23H,1-3H3. The molecule has 0 unspecified atom stereocenters. The third-order valence-electron chi connectivity index (χ3n) is 4.46. The van der Waals surface area contributed by atoms with Gasteiger partial charge in [0.2, 0.25) is 0 Å². The molecule has 1 N–H and O–H groups in total. The SMILES string of the molecule is Cc1nn(-c2ccc(S(=O)(=O)Nc3cccc4cnn(C)c34)cn2)c(C)c1Cl. The highest BCUT2D eigenvalue weighted by Crippen LogP contribution is 2.26. The minimum Gasteiger partial charge on any atom is -0.277 e. The van der Waals surface area contributed by atoms with Crippen molar-refractivity contribution in [3.8, 4) is 5.82 Å². The van der Waals surface area contributed by atoms with Gasteiger partial charge >= 0.3 is 0 Å². The second-order valence-electron chi connectivity index (χ2n) is 6.37. The zero-order valence-electron chi connectivity index (χ0n) is 15.4. The van der Waals surface area contributed by atoms with Gasteiger partial charge in [-0.05, 0) is 32.0 Å². The largest absolute Gasteiger partial charge is 0.277 e. The predicted molar refractivity (Wildman–Crippen MR) is 107 cm³/mol. The maximum atomic E-state index is 12.8. The Morgan fingerprint density at radius 3 is 2.54 bits per heavy atom. The van der Waals surface area contributed by atoms with Crippen molar-refractivity contribution in [1.82, 2.24) is 24.5 Å². The van der Waals surface area contributed by atoms with Crippen LogP contribution in [-0.4, -0.2) is 33.0 Å². The average molecular weight is 417 g/mol. The number of halogens is 1. The highest BCUT2D eigenvalue weighted by atomic mass is 35.5. The number of rotatable bonds is 4. The van der Waals surface area contributed by atoms with Crippen LogP contribution in [0.5, 0.6) is 0 Å². The van der Waals surface area contributed by atoms with Gasteiger partial charge in [0.05, 0.1) is 33.8 Å². The highest BCUT2D eigenvalue weighted by molar-refractivity contribution is 7.92. The normalized spacial score (nSPS) is 11.9. The van der Waals surface area contributed by atoms with Gasteiger partial charge in [-0.25, -0.2) is 18.1 Å². The maximum Gasteiger partial charge on any atom is 0.263 e. The quantitative estimate of drug-likeness (QED) is 0.551. The molecule has 0 fully saturated rings. The minimum atomic E-state index is -3.82. The number of pyridine rings is 1. The van der Waals surface area contributed by atoms with Crippen molar-refractivity contribution in [2.75, 3.05) is 4.72 Å². The first-order valence-electron chi connectivity index (χ1n) is 8.39. The second-order valence-corrected chi connectivity index (χ2v) is 8.43. The van der Waals surface area contributed by atoms with Crippen LogP contribution >= 0.6 is 11.6 Å². The number of hydrogen-bond donors (Lipinski definition) is 1. The first-order valence-corrected chi connectivity index (χ1v) is 10.3. The first-order chi connectivity index (χ1) is 13.3. The molecule has 0 saturated heterocycles. The second kappa shape index (κ2) is 6.61. The summed E-state index contributed by atoms with van der Waals surface area (Å²) in [5.74, 6) is 0.486. The van der Waals surface area contributed by atoms with E-state index in [2.05, 4.69) is 19.9 Å². The molecule has 0 saturated carbocycles. The molecule has 3 aromatic heterocycles. The molecule has 0 atom stereocenters. The lowest BCUT2D eigenvalue weighted by molar-refractivity contribution is 0.600. The first kappa shape index (κ1) is 18.5. The van der Waals surface area contributed by atoms with Gasteiger partial charge in [0.1, 0.15) is 4.90 Å². The van der Waals surface area contributed by atoms with Crippen LogP contribution in [0.1, 0.15) is 11.4 Å². The van der Waals surface area contributed by atoms with Crippen molar-refractivity contribution in [3.05, 3.63) is 59.1 Å². The molecule has 0 spiro atoms. The van der Waals surface area contributed by atoms with Crippen LogP contribution in [-0.2, 0) is 17.1 Å². The molecule has 8 nitrogen and oxygen atoms in total. The lowest BCUT2D eigenvalue weighted by Gasteiger charge is -2.10. The number of anilines is 1. The Balaban J connectivity index is 1.68. The lowest BCUT2D eigenvalue weighted by Crippen LogP contribution is -2.14. The highest BCUT2D eigenvalue weighted by Gasteiger charge is 2.18. The van der Waals surface area contributed by atoms with Gasteiger partial charge in [0.25, 0.3) is 10.0 Å². The summed E-state index contributed by atoms with van der Waals surface area (Å²) >= 11 is 6.17. The number of hydrogen-bond acceptors (Lipinski definition) is 5. The summed E-state index contributed by atoms with van der Waals surface area (Å²) in [7, 11) is -2.06. The van der Waals surface area contributed by atoms with Gasteiger partial charge in [0, 0.05) is 18.6 Å². The van der Waals surface area contributed by atoms with Crippen molar-refractivity contribution in [3.63, 3.8) is 0 Å². The molecular formula is C18H17ClN6O2S. The number of benzene rings is 1. The van der Waals surface area contributed by atoms with Crippen LogP contribution in [0.25, 0.3) is 16.7 Å². The Bertz CT molecular complexity index is 1290. The topological polar surface area (TPSA) is 94.7 Å². The number of para-hydroxylation sites is 1. The summed E-state index contributed by atoms with van der Waals surface area (Å²) < 4.78 is 31.5. The molecule has 0 amide bonds. The summed E-state index contributed by atoms with van der Waals surface area (Å²) in [6.45, 7) is 3.62. The molecule has 4 rings (SSSR count). The van der Waals surface area contributed by atoms with E-state index in [1.165, 1.54) is 12.3 Å². The zero-order valence-corrected chi connectivity index (χ0v) is 17.0. The third kappa shape index (κ3) is 3.02. The van der Waals surface area contributed by atoms with Crippen molar-refractivity contribution >= 4 is 38.2 Å². The van der Waals surface area contributed by atoms with E-state index >= 15 is 0 Å². The van der Waals surface area contributed by atoms with Gasteiger partial charge in [0.15, 0.2) is 5.82 Å². The fourth-order valence-electron chi connectivity index (χ4n) is 3.02. The minimum absolute atomic E-state index is 0.0445. The van der Waals surface area contributed by atoms with Gasteiger partial charge in [-0.3, -0.25) is 9.40 Å². The van der Waals surface area contributed by atoms with Crippen molar-refractivity contribution in [1.29, 1.82) is 0 Å². The molecule has 0 bridgehead atoms. The molecule has 0 aliphatic heterocycles. The number of nitrogens with one attached hydrogen (secondary N) is 1. The van der Waals surface area contributed by atoms with Crippen molar-refractivity contribution in [2.24, 2.45) is 7.05 Å². The van der Waals surface area contributed by atoms with Crippen molar-refractivity contribution < 1.29 is 8.42 Å². The van der Waals surface area contributed by atoms with Crippen LogP contribution < -0.4 is 4.72 Å². The molecule has 4 aromatic rings. The molecule has 0 radical (unpaired) electrons. The van der Waals surface area contributed by atoms with E-state index in [4.69, 9.17) is 11.6 Å². The van der Waals surface area contributed by atoms with E-state index in [0.717, 1.165) is 11.1 Å². The van der Waals surface area contributed by atoms with Crippen LogP contribution in [0.2, 0.25) is 5.02 Å². The summed E-state index contributed by atoms with van der Waals surface area (Å²) in [6, 6.07) is 8.42. The maximum absolute atomic E-state index is 12.8. The third-order valence-corrected chi connectivity index (χ3v) is 6.35. The van der Waals surface area contributed by atoms with E-state index < -0.39 is 10.0 Å². The van der Waals surface area contributed by atoms with E-state index in [9.17, 15) is 8.42 Å². The van der Waals surface area contributed by atoms with E-state index in [1.54, 1.807) is 47.7 Å². The molecule has 0 aliphatic rings. The molecule has 3 heterocycles. The molecule has 0 aliphatic carbocycles. The lowest BCUT2D eigenvalue weighted by atomic mass is 10.2. The summed E-state index contributed by atoms with van der Waals surface area (Å²) in [5, 5.41) is 9.90. The van der Waals surface area contributed by atoms with Gasteiger partial charge in [-0.2, -0.15) is 10.2 Å². The Morgan fingerprint density at radius 2 is 1.89 bits per heavy atom. The molecule has 1 aromatic carbocycles. The Kier molecular flexibility index (Phi) is 4.35. The van der Waals surface area contributed by atoms with Crippen molar-refractivity contribution in [2.45, 2.75) is 18.7 Å². The molecular weight excluding hydrogens is 400 g/mol. The molecule has 28 heavy (non-hydrogen) atoms. The molecule has 10 heteroatoms. The van der Waals surface area contributed by atoms with Gasteiger partial charge in [-0.1, -0.05) is 23.7 Å². The van der Waals surface area contributed by atoms with E-state index in [1.807, 2.05) is 13.0 Å². The summed E-state index contributed by atoms with van der Waals surface area (Å²) in [6.07, 6.45) is 2.98. The number of nitrogens with zero attached hydrogens (tertiary/aromatic N) is 5. The van der Waals surface area contributed by atoms with E-state index in [-0.39, 0.29) is 4.90 Å². The number of fused-ring (bicyclic) bond motifs is 1. The van der Waals surface area contributed by atoms with Crippen LogP contribution in [0.3, 0.4) is 0 Å². The van der Waals surface area contributed by atoms with Crippen LogP contribution in [0.4, 0.5) is 5.69 Å². The summed E-state index contributed by atoms with van der Waals surface area (Å²) in [5.41, 5.74) is 2.58. The number of aryl methyl sites for hydroxylation is 2. The number of sulfonamides is 1. The van der Waals surface area contributed by atoms with Gasteiger partial charge < -0.3 is 0 Å². The monoisotopic (exact) mass is 416 g/mol. The van der Waals surface area contributed by atoms with Crippen LogP contribution in [0, 0.1) is 13.8 Å². The van der Waals surface area contributed by atoms with E-state index in [0.29, 0.717) is 27.7 Å². The Hall–Kier alpha value is -2.91. The number of aromatic nitrogens is 5. The van der Waals surface area contributed by atoms with Gasteiger partial charge in [-0.15, -0.1) is 0 Å². The predicted octanol–water partition coefficient (Wildman–Crippen LogP) is 3.23. The summed E-state index contributed by atoms with van der Waals surface area (Å²) in [4.78, 5) is 4.29. The van der Waals surface area contributed by atoms with Crippen LogP contribution in [0.15, 0.2) is 47.6 Å². The fraction of sp³-hybridized carbons (Fsp3) is 0.167. The zero-order chi connectivity index (χ0) is 20.1. The Morgan fingerprint density at radius 1 is 1.11 bits per heavy atom. The fourth-order valence-corrected chi connectivity index (χ4v) is 4.15. The molecule has 144 valence electrons. The average Bonchev–Trinajstić information content (AvgIpc) is 3.17. The smallest absolute Gasteiger partial charge is 0.263 e.